The molecule has 1 unspecified atom stereocenters. The molecule has 1 aliphatic heterocycles. The van der Waals surface area contributed by atoms with Gasteiger partial charge in [0.25, 0.3) is 0 Å². The number of fused-ring (bicyclic) bond motifs is 1. The molecule has 4 rings (SSSR count). The van der Waals surface area contributed by atoms with Crippen molar-refractivity contribution in [3.63, 3.8) is 0 Å². The molecule has 0 aromatic heterocycles. The van der Waals surface area contributed by atoms with Gasteiger partial charge in [-0.1, -0.05) is 37.9 Å². The number of nitriles is 1. The van der Waals surface area contributed by atoms with Crippen LogP contribution in [0.3, 0.4) is 0 Å². The molecule has 3 aromatic rings. The van der Waals surface area contributed by atoms with E-state index in [0.717, 1.165) is 14.5 Å². The van der Waals surface area contributed by atoms with Gasteiger partial charge in [0, 0.05) is 26.1 Å². The monoisotopic (exact) mass is 584 g/mol. The van der Waals surface area contributed by atoms with Crippen LogP contribution in [0.25, 0.3) is 0 Å². The highest BCUT2D eigenvalue weighted by molar-refractivity contribution is 9.10. The van der Waals surface area contributed by atoms with E-state index >= 15 is 0 Å². The average Bonchev–Trinajstić information content (AvgIpc) is 2.82. The second kappa shape index (κ2) is 10.2. The lowest BCUT2D eigenvalue weighted by Gasteiger charge is -2.27. The predicted molar refractivity (Wildman–Crippen MR) is 132 cm³/mol. The highest BCUT2D eigenvalue weighted by atomic mass is 79.9. The van der Waals surface area contributed by atoms with E-state index in [1.807, 2.05) is 24.3 Å². The number of hydrogen-bond donors (Lipinski definition) is 1. The van der Waals surface area contributed by atoms with Crippen LogP contribution in [0.5, 0.6) is 23.0 Å². The molecule has 7 nitrogen and oxygen atoms in total. The summed E-state index contributed by atoms with van der Waals surface area (Å²) in [5.74, 6) is 0.656. The van der Waals surface area contributed by atoms with E-state index in [2.05, 4.69) is 37.9 Å². The van der Waals surface area contributed by atoms with Crippen molar-refractivity contribution in [1.29, 1.82) is 5.26 Å². The summed E-state index contributed by atoms with van der Waals surface area (Å²) in [6.45, 7) is -0.266. The Hall–Kier alpha value is -3.48. The molecule has 1 aliphatic rings. The average molecular weight is 586 g/mol. The van der Waals surface area contributed by atoms with Gasteiger partial charge in [-0.25, -0.2) is 4.79 Å². The van der Waals surface area contributed by atoms with Crippen molar-refractivity contribution in [1.82, 2.24) is 0 Å². The number of benzene rings is 3. The third kappa shape index (κ3) is 5.03. The van der Waals surface area contributed by atoms with Crippen LogP contribution < -0.4 is 24.7 Å². The second-order valence-electron chi connectivity index (χ2n) is 7.23. The fourth-order valence-electron chi connectivity index (χ4n) is 3.58. The summed E-state index contributed by atoms with van der Waals surface area (Å²) in [4.78, 5) is 12.3. The second-order valence-corrected chi connectivity index (χ2v) is 9.06. The lowest BCUT2D eigenvalue weighted by Crippen LogP contribution is -2.22. The summed E-state index contributed by atoms with van der Waals surface area (Å²) in [7, 11) is 1.56. The van der Waals surface area contributed by atoms with E-state index in [9.17, 15) is 10.1 Å². The lowest BCUT2D eigenvalue weighted by molar-refractivity contribution is -0.136. The number of methoxy groups -OCH3 is 1. The topological polar surface area (TPSA) is 104 Å². The van der Waals surface area contributed by atoms with Gasteiger partial charge in [0.2, 0.25) is 5.88 Å². The zero-order chi connectivity index (χ0) is 24.2. The summed E-state index contributed by atoms with van der Waals surface area (Å²) < 4.78 is 23.8. The molecule has 0 spiro atoms. The van der Waals surface area contributed by atoms with Gasteiger partial charge in [0.1, 0.15) is 34.6 Å². The number of rotatable bonds is 6. The van der Waals surface area contributed by atoms with Gasteiger partial charge in [0.15, 0.2) is 6.61 Å². The summed E-state index contributed by atoms with van der Waals surface area (Å²) in [5, 5.41) is 9.79. The number of nitrogens with two attached hydrogens (primary N) is 1. The number of carbonyl (C=O) groups excluding carboxylic acids is 1. The molecule has 1 atom stereocenters. The Balaban J connectivity index is 1.59. The molecule has 0 aliphatic carbocycles. The van der Waals surface area contributed by atoms with Crippen LogP contribution in [-0.2, 0) is 4.79 Å². The summed E-state index contributed by atoms with van der Waals surface area (Å²) in [6.07, 6.45) is 0. The SMILES string of the molecule is COc1ccc(Br)cc1C1C(C#N)=C(N)Oc2cc(OC(=O)COc3ccc(Br)cc3)ccc21. The van der Waals surface area contributed by atoms with Crippen molar-refractivity contribution >= 4 is 37.8 Å². The van der Waals surface area contributed by atoms with E-state index < -0.39 is 11.9 Å². The molecular weight excluding hydrogens is 568 g/mol. The third-order valence-electron chi connectivity index (χ3n) is 5.10. The van der Waals surface area contributed by atoms with Gasteiger partial charge < -0.3 is 24.7 Å². The highest BCUT2D eigenvalue weighted by Gasteiger charge is 2.33. The number of carbonyl (C=O) groups is 1. The molecule has 1 heterocycles. The Morgan fingerprint density at radius 1 is 1.03 bits per heavy atom. The number of nitrogens with zero attached hydrogens (tertiary/aromatic N) is 1. The van der Waals surface area contributed by atoms with Gasteiger partial charge in [-0.05, 0) is 48.5 Å². The Morgan fingerprint density at radius 3 is 2.44 bits per heavy atom. The van der Waals surface area contributed by atoms with E-state index in [-0.39, 0.29) is 23.8 Å². The van der Waals surface area contributed by atoms with Crippen molar-refractivity contribution in [2.75, 3.05) is 13.7 Å². The van der Waals surface area contributed by atoms with Crippen LogP contribution in [-0.4, -0.2) is 19.7 Å². The van der Waals surface area contributed by atoms with Crippen LogP contribution in [0, 0.1) is 11.3 Å². The molecule has 0 fully saturated rings. The first kappa shape index (κ1) is 23.7. The van der Waals surface area contributed by atoms with E-state index in [1.54, 1.807) is 43.5 Å². The molecule has 172 valence electrons. The van der Waals surface area contributed by atoms with Crippen molar-refractivity contribution in [2.45, 2.75) is 5.92 Å². The Bertz CT molecular complexity index is 1320. The maximum Gasteiger partial charge on any atom is 0.349 e. The zero-order valence-electron chi connectivity index (χ0n) is 17.9. The first-order valence-corrected chi connectivity index (χ1v) is 11.6. The standard InChI is InChI=1S/C25H18Br2N2O5/c1-31-21-9-4-15(27)10-19(21)24-18-8-7-17(11-22(18)34-25(29)20(24)12-28)33-23(30)13-32-16-5-2-14(26)3-6-16/h2-11,24H,13,29H2,1H3. The summed E-state index contributed by atoms with van der Waals surface area (Å²) >= 11 is 6.82. The largest absolute Gasteiger partial charge is 0.496 e. The fraction of sp³-hybridized carbons (Fsp3) is 0.120. The van der Waals surface area contributed by atoms with Gasteiger partial charge in [-0.3, -0.25) is 0 Å². The van der Waals surface area contributed by atoms with E-state index in [1.165, 1.54) is 0 Å². The van der Waals surface area contributed by atoms with Gasteiger partial charge in [-0.2, -0.15) is 5.26 Å². The minimum absolute atomic E-state index is 0.0240. The van der Waals surface area contributed by atoms with Crippen molar-refractivity contribution < 1.29 is 23.7 Å². The quantitative estimate of drug-likeness (QED) is 0.304. The minimum atomic E-state index is -0.579. The Kier molecular flexibility index (Phi) is 7.10. The molecule has 0 saturated heterocycles. The molecule has 3 aromatic carbocycles. The molecule has 0 bridgehead atoms. The van der Waals surface area contributed by atoms with Gasteiger partial charge in [-0.15, -0.1) is 0 Å². The van der Waals surface area contributed by atoms with Crippen molar-refractivity contribution in [3.05, 3.63) is 92.2 Å². The predicted octanol–water partition coefficient (Wildman–Crippen LogP) is 5.42. The van der Waals surface area contributed by atoms with Crippen LogP contribution in [0.1, 0.15) is 17.0 Å². The first-order valence-electron chi connectivity index (χ1n) is 10.0. The van der Waals surface area contributed by atoms with Crippen LogP contribution in [0.4, 0.5) is 0 Å². The lowest BCUT2D eigenvalue weighted by atomic mass is 9.83. The van der Waals surface area contributed by atoms with E-state index in [4.69, 9.17) is 24.7 Å². The van der Waals surface area contributed by atoms with E-state index in [0.29, 0.717) is 22.8 Å². The van der Waals surface area contributed by atoms with Crippen LogP contribution >= 0.6 is 31.9 Å². The fourth-order valence-corrected chi connectivity index (χ4v) is 4.23. The number of allylic oxidation sites excluding steroid dienone is 1. The minimum Gasteiger partial charge on any atom is -0.496 e. The molecule has 2 N–H and O–H groups in total. The smallest absolute Gasteiger partial charge is 0.349 e. The van der Waals surface area contributed by atoms with Crippen molar-refractivity contribution in [3.8, 4) is 29.1 Å². The van der Waals surface area contributed by atoms with Crippen molar-refractivity contribution in [2.24, 2.45) is 5.73 Å². The first-order chi connectivity index (χ1) is 16.4. The molecule has 0 amide bonds. The molecule has 34 heavy (non-hydrogen) atoms. The summed E-state index contributed by atoms with van der Waals surface area (Å²) in [6, 6.07) is 19.7. The number of ether oxygens (including phenoxy) is 4. The van der Waals surface area contributed by atoms with Gasteiger partial charge in [0.05, 0.1) is 13.0 Å². The molecule has 9 heteroatoms. The Morgan fingerprint density at radius 2 is 1.74 bits per heavy atom. The number of hydrogen-bond acceptors (Lipinski definition) is 7. The number of halogens is 2. The number of esters is 1. The zero-order valence-corrected chi connectivity index (χ0v) is 21.1. The summed E-state index contributed by atoms with van der Waals surface area (Å²) in [5.41, 5.74) is 7.78. The maximum absolute atomic E-state index is 12.3. The molecule has 0 saturated carbocycles. The third-order valence-corrected chi connectivity index (χ3v) is 6.12. The van der Waals surface area contributed by atoms with Gasteiger partial charge >= 0.3 is 5.97 Å². The van der Waals surface area contributed by atoms with Crippen LogP contribution in [0.2, 0.25) is 0 Å². The molecular formula is C25H18Br2N2O5. The highest BCUT2D eigenvalue weighted by Crippen LogP contribution is 2.46. The normalized spacial score (nSPS) is 14.5. The molecule has 0 radical (unpaired) electrons. The maximum atomic E-state index is 12.3. The Labute approximate surface area is 212 Å². The van der Waals surface area contributed by atoms with Crippen LogP contribution in [0.15, 0.2) is 81.1 Å².